The van der Waals surface area contributed by atoms with Gasteiger partial charge < -0.3 is 29.9 Å². The Bertz CT molecular complexity index is 3700. The smallest absolute Gasteiger partial charge is 0.297 e. The lowest BCUT2D eigenvalue weighted by Crippen LogP contribution is -2.26. The van der Waals surface area contributed by atoms with E-state index in [0.717, 1.165) is 34.4 Å². The summed E-state index contributed by atoms with van der Waals surface area (Å²) < 4.78 is 119. The Labute approximate surface area is 487 Å². The number of hydrogen-bond donors (Lipinski definition) is 5. The minimum atomic E-state index is -4.92. The van der Waals surface area contributed by atoms with Crippen molar-refractivity contribution in [3.63, 3.8) is 0 Å². The first-order valence-electron chi connectivity index (χ1n) is 25.6. The molecule has 3 heterocycles. The highest BCUT2D eigenvalue weighted by molar-refractivity contribution is 7.98. The number of ketones is 2. The quantitative estimate of drug-likeness (QED) is 0.0239. The highest BCUT2D eigenvalue weighted by atomic mass is 32.2. The van der Waals surface area contributed by atoms with Crippen molar-refractivity contribution >= 4 is 132 Å². The minimum Gasteiger partial charge on any atom is -0.494 e. The summed E-state index contributed by atoms with van der Waals surface area (Å²) >= 11 is 2.68. The zero-order chi connectivity index (χ0) is 59.9. The maximum absolute atomic E-state index is 13.4. The Morgan fingerprint density at radius 3 is 1.41 bits per heavy atom. The number of anilines is 6. The average Bonchev–Trinajstić information content (AvgIpc) is 4.19. The molecule has 0 amide bonds. The first-order valence-corrected chi connectivity index (χ1v) is 32.5. The van der Waals surface area contributed by atoms with E-state index in [1.54, 1.807) is 30.3 Å². The molecule has 2 aliphatic rings. The molecule has 0 bridgehead atoms. The van der Waals surface area contributed by atoms with Crippen LogP contribution in [0.1, 0.15) is 104 Å². The van der Waals surface area contributed by atoms with Gasteiger partial charge in [0, 0.05) is 56.9 Å². The van der Waals surface area contributed by atoms with Crippen molar-refractivity contribution in [1.82, 2.24) is 15.0 Å². The summed E-state index contributed by atoms with van der Waals surface area (Å²) in [6, 6.07) is 12.2. The summed E-state index contributed by atoms with van der Waals surface area (Å²) in [4.78, 5) is 44.0. The Morgan fingerprint density at radius 2 is 1.04 bits per heavy atom. The Balaban J connectivity index is 1.30. The fourth-order valence-corrected chi connectivity index (χ4v) is 15.5. The predicted molar refractivity (Wildman–Crippen MR) is 315 cm³/mol. The molecule has 0 saturated heterocycles. The lowest BCUT2D eigenvalue weighted by atomic mass is 9.76. The number of fused-ring (bicyclic) bond motifs is 2. The first-order chi connectivity index (χ1) is 38.5. The van der Waals surface area contributed by atoms with E-state index in [4.69, 9.17) is 24.4 Å². The number of azo groups is 2. The molecule has 0 spiro atoms. The van der Waals surface area contributed by atoms with Gasteiger partial charge in [-0.15, -0.1) is 43.1 Å². The van der Waals surface area contributed by atoms with Gasteiger partial charge >= 0.3 is 0 Å². The third-order valence-electron chi connectivity index (χ3n) is 13.5. The number of nitrogens with one attached hydrogen (secondary N) is 2. The van der Waals surface area contributed by atoms with Gasteiger partial charge in [-0.05, 0) is 92.3 Å². The number of carbonyl (C=O) groups excluding carboxylic acids is 2. The molecule has 0 aliphatic heterocycles. The second kappa shape index (κ2) is 24.0. The normalized spacial score (nSPS) is 15.2. The van der Waals surface area contributed by atoms with Crippen LogP contribution in [0.2, 0.25) is 0 Å². The zero-order valence-electron chi connectivity index (χ0n) is 46.4. The number of thiophene rings is 2. The summed E-state index contributed by atoms with van der Waals surface area (Å²) in [5.41, 5.74) is 1.37. The van der Waals surface area contributed by atoms with Gasteiger partial charge in [0.15, 0.2) is 26.7 Å². The van der Waals surface area contributed by atoms with Gasteiger partial charge in [-0.1, -0.05) is 51.6 Å². The van der Waals surface area contributed by atoms with Gasteiger partial charge in [0.2, 0.25) is 11.9 Å². The molecular weight excluding hydrogens is 1180 g/mol. The predicted octanol–water partition coefficient (Wildman–Crippen LogP) is 12.4. The van der Waals surface area contributed by atoms with Crippen LogP contribution >= 0.6 is 34.4 Å². The van der Waals surface area contributed by atoms with Gasteiger partial charge in [-0.25, -0.2) is 0 Å². The Kier molecular flexibility index (Phi) is 18.0. The summed E-state index contributed by atoms with van der Waals surface area (Å²) in [6.07, 6.45) is 0.662. The number of carbonyl (C=O) groups is 2. The van der Waals surface area contributed by atoms with Crippen molar-refractivity contribution < 1.29 is 58.0 Å². The molecule has 82 heavy (non-hydrogen) atoms. The molecule has 0 fully saturated rings. The van der Waals surface area contributed by atoms with Crippen LogP contribution in [-0.2, 0) is 48.9 Å². The van der Waals surface area contributed by atoms with Crippen molar-refractivity contribution in [3.8, 4) is 11.5 Å². The van der Waals surface area contributed by atoms with Gasteiger partial charge in [-0.3, -0.25) is 23.2 Å². The molecule has 0 radical (unpaired) electrons. The molecular formula is C52H61N11O13S6. The number of aromatic nitrogens is 3. The highest BCUT2D eigenvalue weighted by Gasteiger charge is 2.40. The highest BCUT2D eigenvalue weighted by Crippen LogP contribution is 2.50. The lowest BCUT2D eigenvalue weighted by Gasteiger charge is -2.28. The molecule has 3 aromatic heterocycles. The van der Waals surface area contributed by atoms with Crippen molar-refractivity contribution in [3.05, 3.63) is 75.0 Å². The molecule has 3 aromatic carbocycles. The van der Waals surface area contributed by atoms with Crippen LogP contribution < -0.4 is 29.9 Å². The van der Waals surface area contributed by atoms with Crippen molar-refractivity contribution in [2.45, 2.75) is 107 Å². The molecule has 0 saturated carbocycles. The zero-order valence-corrected chi connectivity index (χ0v) is 51.3. The molecule has 6 aromatic rings. The number of ether oxygens (including phenoxy) is 2. The molecule has 24 nitrogen and oxygen atoms in total. The Morgan fingerprint density at radius 1 is 0.610 bits per heavy atom. The number of benzene rings is 3. The number of rotatable bonds is 22. The van der Waals surface area contributed by atoms with Gasteiger partial charge in [0.05, 0.1) is 51.6 Å². The van der Waals surface area contributed by atoms with Crippen molar-refractivity contribution in [2.75, 3.05) is 60.8 Å². The van der Waals surface area contributed by atoms with Crippen LogP contribution in [0.25, 0.3) is 0 Å². The van der Waals surface area contributed by atoms with E-state index in [2.05, 4.69) is 31.1 Å². The van der Waals surface area contributed by atoms with E-state index < -0.39 is 51.0 Å². The van der Waals surface area contributed by atoms with E-state index in [1.165, 1.54) is 32.4 Å². The maximum Gasteiger partial charge on any atom is 0.297 e. The van der Waals surface area contributed by atoms with Crippen LogP contribution in [0, 0.1) is 10.8 Å². The fraction of sp³-hybridized carbons (Fsp3) is 0.404. The monoisotopic (exact) mass is 1240 g/mol. The fourth-order valence-electron chi connectivity index (χ4n) is 9.77. The number of Topliss-reactive ketones (excluding diaryl/α,β-unsaturated/α-hetero) is 2. The first kappa shape index (κ1) is 61.6. The summed E-state index contributed by atoms with van der Waals surface area (Å²) in [6.45, 7) is 17.2. The SMILES string of the molecule is CCN(CC)c1cc(Nc2nc(Nc3cc(N(CC)CC)c(OC)cc3N=Nc3sc4c(c3S(=O)(=O)O)CC(C)(C)CC4=O)nc(SCc3cccc(S(=O)(=O)O)c3)n2)c(N=Nc2sc3c(c2S(=O)(=O)O)CC(C)(C)CC3=O)cc1OC. The largest absolute Gasteiger partial charge is 0.494 e. The van der Waals surface area contributed by atoms with E-state index in [9.17, 15) is 48.5 Å². The molecule has 5 N–H and O–H groups in total. The standard InChI is InChI=1S/C52H61N11O13S6/c1-11-62(12-2)36-19-32(34(21-40(36)75-9)58-60-46-44(81(69,70)71)30-23-51(5,6)25-38(64)42(30)78-46)53-48-55-49(57-50(56-48)77-27-28-16-15-17-29(18-28)80(66,67)68)54-33-20-37(63(13-3)14-4)41(76-10)22-35(33)59-61-47-45(82(72,73)74)31-24-52(7,8)26-39(65)43(31)79-47/h15-22H,11-14,23-27H2,1-10H3,(H,66,67,68)(H,69,70,71)(H,72,73,74)(H2,53,54,55,56,57). The second-order valence-corrected chi connectivity index (χ2v) is 27.8. The van der Waals surface area contributed by atoms with Gasteiger partial charge in [-0.2, -0.15) is 40.2 Å². The Hall–Kier alpha value is -6.51. The van der Waals surface area contributed by atoms with Crippen LogP contribution in [0.4, 0.5) is 56.0 Å². The lowest BCUT2D eigenvalue weighted by molar-refractivity contribution is 0.0907. The van der Waals surface area contributed by atoms with Crippen LogP contribution in [0.5, 0.6) is 11.5 Å². The number of hydrogen-bond acceptors (Lipinski definition) is 24. The molecule has 438 valence electrons. The molecule has 30 heteroatoms. The second-order valence-electron chi connectivity index (χ2n) is 20.7. The van der Waals surface area contributed by atoms with Crippen LogP contribution in [0.3, 0.4) is 0 Å². The number of thioether (sulfide) groups is 1. The number of nitrogens with zero attached hydrogens (tertiary/aromatic N) is 9. The van der Waals surface area contributed by atoms with E-state index in [1.807, 2.05) is 65.2 Å². The van der Waals surface area contributed by atoms with Gasteiger partial charge in [0.1, 0.15) is 32.7 Å². The molecule has 0 unspecified atom stereocenters. The molecule has 8 rings (SSSR count). The molecule has 0 atom stereocenters. The van der Waals surface area contributed by atoms with E-state index in [-0.39, 0.29) is 119 Å². The van der Waals surface area contributed by atoms with Crippen molar-refractivity contribution in [2.24, 2.45) is 31.3 Å². The summed E-state index contributed by atoms with van der Waals surface area (Å²) in [5.74, 6) is -0.00713. The van der Waals surface area contributed by atoms with Crippen molar-refractivity contribution in [1.29, 1.82) is 0 Å². The molecule has 2 aliphatic carbocycles. The van der Waals surface area contributed by atoms with Gasteiger partial charge in [0.25, 0.3) is 30.4 Å². The number of methoxy groups -OCH3 is 2. The minimum absolute atomic E-state index is 0.0719. The van der Waals surface area contributed by atoms with E-state index in [0.29, 0.717) is 54.6 Å². The topological polar surface area (TPSA) is 334 Å². The summed E-state index contributed by atoms with van der Waals surface area (Å²) in [7, 11) is -11.5. The van der Waals surface area contributed by atoms with Crippen LogP contribution in [-0.4, -0.2) is 106 Å². The average molecular weight is 1240 g/mol. The summed E-state index contributed by atoms with van der Waals surface area (Å²) in [5, 5.41) is 23.8. The van der Waals surface area contributed by atoms with Crippen LogP contribution in [0.15, 0.2) is 88.8 Å². The van der Waals surface area contributed by atoms with E-state index >= 15 is 0 Å². The third kappa shape index (κ3) is 13.6. The third-order valence-corrected chi connectivity index (χ3v) is 19.7. The maximum atomic E-state index is 13.4.